The van der Waals surface area contributed by atoms with E-state index in [0.717, 1.165) is 45.4 Å². The van der Waals surface area contributed by atoms with Crippen molar-refractivity contribution in [3.63, 3.8) is 0 Å². The van der Waals surface area contributed by atoms with Crippen molar-refractivity contribution in [2.75, 3.05) is 13.2 Å². The van der Waals surface area contributed by atoms with E-state index in [2.05, 4.69) is 57.6 Å². The molecule has 0 spiro atoms. The molecule has 30 heavy (non-hydrogen) atoms. The van der Waals surface area contributed by atoms with Crippen molar-refractivity contribution in [3.05, 3.63) is 84.8 Å². The van der Waals surface area contributed by atoms with Gasteiger partial charge in [-0.2, -0.15) is 5.10 Å². The van der Waals surface area contributed by atoms with Crippen LogP contribution in [0.1, 0.15) is 12.5 Å². The van der Waals surface area contributed by atoms with Gasteiger partial charge in [-0.15, -0.1) is 0 Å². The zero-order valence-corrected chi connectivity index (χ0v) is 17.5. The lowest BCUT2D eigenvalue weighted by Crippen LogP contribution is -2.28. The minimum Gasteiger partial charge on any atom is -0.349 e. The van der Waals surface area contributed by atoms with Gasteiger partial charge in [-0.3, -0.25) is 14.7 Å². The van der Waals surface area contributed by atoms with Crippen LogP contribution in [0, 0.1) is 6.92 Å². The highest BCUT2D eigenvalue weighted by molar-refractivity contribution is 5.81. The van der Waals surface area contributed by atoms with E-state index >= 15 is 0 Å². The standard InChI is InChI=1S/C24H26N6/c1-17-10-11-22(25-13-17)23-12-24(21-8-6-5-7-9-21)30(28-23)15-19(3)29-14-18(2)27-20(4)26-16-29/h5-13H,2-3,14-16H2,1,4H3,(H,26,27). The van der Waals surface area contributed by atoms with Crippen LogP contribution in [0.3, 0.4) is 0 Å². The second-order valence-electron chi connectivity index (χ2n) is 7.54. The fraction of sp³-hybridized carbons (Fsp3) is 0.208. The molecule has 1 aliphatic heterocycles. The van der Waals surface area contributed by atoms with Gasteiger partial charge in [0.15, 0.2) is 0 Å². The van der Waals surface area contributed by atoms with Crippen LogP contribution in [0.5, 0.6) is 0 Å². The maximum absolute atomic E-state index is 4.87. The molecule has 0 fully saturated rings. The normalized spacial score (nSPS) is 14.1. The molecule has 1 aliphatic rings. The lowest BCUT2D eigenvalue weighted by atomic mass is 10.1. The zero-order chi connectivity index (χ0) is 21.1. The highest BCUT2D eigenvalue weighted by Gasteiger charge is 2.17. The summed E-state index contributed by atoms with van der Waals surface area (Å²) in [4.78, 5) is 11.2. The third-order valence-electron chi connectivity index (χ3n) is 5.02. The summed E-state index contributed by atoms with van der Waals surface area (Å²) in [7, 11) is 0. The molecule has 6 heteroatoms. The molecular weight excluding hydrogens is 372 g/mol. The molecule has 0 aliphatic carbocycles. The Morgan fingerprint density at radius 3 is 2.63 bits per heavy atom. The molecule has 3 heterocycles. The summed E-state index contributed by atoms with van der Waals surface area (Å²) < 4.78 is 1.99. The van der Waals surface area contributed by atoms with Crippen molar-refractivity contribution in [1.29, 1.82) is 0 Å². The van der Waals surface area contributed by atoms with Gasteiger partial charge in [-0.1, -0.05) is 49.6 Å². The molecule has 1 aromatic carbocycles. The quantitative estimate of drug-likeness (QED) is 0.699. The number of hydrogen-bond acceptors (Lipinski definition) is 5. The van der Waals surface area contributed by atoms with Crippen molar-refractivity contribution in [1.82, 2.24) is 25.0 Å². The smallest absolute Gasteiger partial charge is 0.112 e. The van der Waals surface area contributed by atoms with E-state index in [4.69, 9.17) is 5.10 Å². The van der Waals surface area contributed by atoms with E-state index < -0.39 is 0 Å². The van der Waals surface area contributed by atoms with Gasteiger partial charge in [0.1, 0.15) is 12.4 Å². The van der Waals surface area contributed by atoms with E-state index in [-0.39, 0.29) is 0 Å². The maximum atomic E-state index is 4.87. The van der Waals surface area contributed by atoms with Crippen molar-refractivity contribution < 1.29 is 0 Å². The number of aromatic nitrogens is 3. The van der Waals surface area contributed by atoms with Gasteiger partial charge in [0.2, 0.25) is 0 Å². The minimum absolute atomic E-state index is 0.547. The number of aliphatic imine (C=N–C) groups is 1. The Labute approximate surface area is 177 Å². The molecule has 6 nitrogen and oxygen atoms in total. The Bertz CT molecular complexity index is 1090. The monoisotopic (exact) mass is 398 g/mol. The van der Waals surface area contributed by atoms with Crippen LogP contribution in [-0.2, 0) is 6.54 Å². The average Bonchev–Trinajstić information content (AvgIpc) is 3.07. The molecule has 0 saturated carbocycles. The number of amidine groups is 1. The lowest BCUT2D eigenvalue weighted by Gasteiger charge is -2.24. The SMILES string of the molecule is C=C1CN(C(=C)Cn2nc(-c3ccc(C)cn3)cc2-c2ccccc2)CN=C(C)N1. The van der Waals surface area contributed by atoms with Crippen molar-refractivity contribution in [3.8, 4) is 22.6 Å². The first-order chi connectivity index (χ1) is 14.5. The molecule has 0 atom stereocenters. The highest BCUT2D eigenvalue weighted by Crippen LogP contribution is 2.26. The fourth-order valence-corrected chi connectivity index (χ4v) is 3.41. The van der Waals surface area contributed by atoms with Gasteiger partial charge in [0.25, 0.3) is 0 Å². The maximum Gasteiger partial charge on any atom is 0.112 e. The number of aryl methyl sites for hydroxylation is 1. The van der Waals surface area contributed by atoms with Gasteiger partial charge in [-0.25, -0.2) is 0 Å². The van der Waals surface area contributed by atoms with Crippen LogP contribution in [0.15, 0.2) is 84.3 Å². The summed E-state index contributed by atoms with van der Waals surface area (Å²) in [6.45, 7) is 14.1. The van der Waals surface area contributed by atoms with Gasteiger partial charge >= 0.3 is 0 Å². The first-order valence-electron chi connectivity index (χ1n) is 9.94. The molecule has 1 N–H and O–H groups in total. The Morgan fingerprint density at radius 1 is 1.10 bits per heavy atom. The third-order valence-corrected chi connectivity index (χ3v) is 5.02. The van der Waals surface area contributed by atoms with Crippen LogP contribution in [0.2, 0.25) is 0 Å². The van der Waals surface area contributed by atoms with Gasteiger partial charge in [-0.05, 0) is 37.1 Å². The predicted molar refractivity (Wildman–Crippen MR) is 122 cm³/mol. The van der Waals surface area contributed by atoms with E-state index in [9.17, 15) is 0 Å². The van der Waals surface area contributed by atoms with Crippen LogP contribution in [0.25, 0.3) is 22.6 Å². The van der Waals surface area contributed by atoms with Crippen LogP contribution in [-0.4, -0.2) is 38.7 Å². The molecular formula is C24H26N6. The van der Waals surface area contributed by atoms with Gasteiger partial charge < -0.3 is 10.2 Å². The Balaban J connectivity index is 1.66. The Kier molecular flexibility index (Phi) is 5.48. The summed E-state index contributed by atoms with van der Waals surface area (Å²) in [6.07, 6.45) is 1.87. The molecule has 0 unspecified atom stereocenters. The largest absolute Gasteiger partial charge is 0.349 e. The number of allylic oxidation sites excluding steroid dienone is 1. The van der Waals surface area contributed by atoms with E-state index in [1.807, 2.05) is 49.0 Å². The first kappa shape index (κ1) is 19.6. The topological polar surface area (TPSA) is 58.3 Å². The number of pyridine rings is 1. The second-order valence-corrected chi connectivity index (χ2v) is 7.54. The fourth-order valence-electron chi connectivity index (χ4n) is 3.41. The summed E-state index contributed by atoms with van der Waals surface area (Å²) in [6, 6.07) is 16.4. The summed E-state index contributed by atoms with van der Waals surface area (Å²) in [5, 5.41) is 8.07. The summed E-state index contributed by atoms with van der Waals surface area (Å²) in [5.41, 5.74) is 6.80. The number of nitrogens with one attached hydrogen (secondary N) is 1. The zero-order valence-electron chi connectivity index (χ0n) is 17.5. The minimum atomic E-state index is 0.547. The van der Waals surface area contributed by atoms with Crippen molar-refractivity contribution in [2.45, 2.75) is 20.4 Å². The molecule has 2 aromatic heterocycles. The number of hydrogen-bond donors (Lipinski definition) is 1. The van der Waals surface area contributed by atoms with E-state index in [1.54, 1.807) is 0 Å². The van der Waals surface area contributed by atoms with Crippen LogP contribution < -0.4 is 5.32 Å². The third kappa shape index (κ3) is 4.33. The second kappa shape index (κ2) is 8.37. The molecule has 152 valence electrons. The van der Waals surface area contributed by atoms with Crippen molar-refractivity contribution in [2.24, 2.45) is 4.99 Å². The van der Waals surface area contributed by atoms with E-state index in [0.29, 0.717) is 19.8 Å². The molecule has 0 bridgehead atoms. The average molecular weight is 399 g/mol. The van der Waals surface area contributed by atoms with Crippen LogP contribution >= 0.6 is 0 Å². The molecule has 3 aromatic rings. The van der Waals surface area contributed by atoms with Gasteiger partial charge in [0, 0.05) is 17.6 Å². The summed E-state index contributed by atoms with van der Waals surface area (Å²) >= 11 is 0. The van der Waals surface area contributed by atoms with Crippen molar-refractivity contribution >= 4 is 5.84 Å². The lowest BCUT2D eigenvalue weighted by molar-refractivity contribution is 0.362. The molecule has 0 saturated heterocycles. The molecule has 0 radical (unpaired) electrons. The van der Waals surface area contributed by atoms with Gasteiger partial charge in [0.05, 0.1) is 30.3 Å². The Hall–Kier alpha value is -3.67. The first-order valence-corrected chi connectivity index (χ1v) is 9.94. The van der Waals surface area contributed by atoms with E-state index in [1.165, 1.54) is 0 Å². The molecule has 4 rings (SSSR count). The summed E-state index contributed by atoms with van der Waals surface area (Å²) in [5.74, 6) is 0.868. The molecule has 0 amide bonds. The predicted octanol–water partition coefficient (Wildman–Crippen LogP) is 4.23. The Morgan fingerprint density at radius 2 is 1.90 bits per heavy atom. The number of rotatable bonds is 5. The van der Waals surface area contributed by atoms with Crippen LogP contribution in [0.4, 0.5) is 0 Å². The number of nitrogens with zero attached hydrogens (tertiary/aromatic N) is 5. The number of benzene rings is 1. The highest BCUT2D eigenvalue weighted by atomic mass is 15.3.